The SMILES string of the molecule is CCc1cc(CNCc2ccccc2F)c(O)c2c1C[C@H]1C[C@H]3CC(C)=C(C(C)=O)C(=O)[C@@]3(O)C(O)=C1C2=O. The minimum absolute atomic E-state index is 0.0543. The minimum Gasteiger partial charge on any atom is -0.508 e. The lowest BCUT2D eigenvalue weighted by Crippen LogP contribution is -2.56. The Hall–Kier alpha value is -3.62. The Balaban J connectivity index is 1.54. The number of aryl methyl sites for hydroxylation is 1. The second kappa shape index (κ2) is 9.84. The van der Waals surface area contributed by atoms with Crippen LogP contribution in [0, 0.1) is 17.7 Å². The van der Waals surface area contributed by atoms with E-state index in [0.717, 1.165) is 5.56 Å². The maximum absolute atomic E-state index is 14.0. The number of aliphatic hydroxyl groups excluding tert-OH is 1. The van der Waals surface area contributed by atoms with Crippen LogP contribution < -0.4 is 5.32 Å². The molecule has 0 amide bonds. The highest BCUT2D eigenvalue weighted by Crippen LogP contribution is 2.52. The number of hydrogen-bond donors (Lipinski definition) is 4. The monoisotopic (exact) mass is 533 g/mol. The number of nitrogens with one attached hydrogen (secondary N) is 1. The van der Waals surface area contributed by atoms with Crippen molar-refractivity contribution in [1.82, 2.24) is 5.32 Å². The lowest BCUT2D eigenvalue weighted by molar-refractivity contribution is -0.143. The third-order valence-electron chi connectivity index (χ3n) is 8.56. The maximum Gasteiger partial charge on any atom is 0.205 e. The van der Waals surface area contributed by atoms with Crippen LogP contribution >= 0.6 is 0 Å². The first-order chi connectivity index (χ1) is 18.5. The molecule has 0 fully saturated rings. The largest absolute Gasteiger partial charge is 0.508 e. The molecule has 3 aliphatic carbocycles. The molecule has 3 aliphatic rings. The molecule has 5 rings (SSSR count). The van der Waals surface area contributed by atoms with Crippen LogP contribution in [0.5, 0.6) is 5.75 Å². The number of aromatic hydroxyl groups is 1. The highest BCUT2D eigenvalue weighted by atomic mass is 19.1. The molecular weight excluding hydrogens is 501 g/mol. The number of allylic oxidation sites excluding steroid dienone is 2. The van der Waals surface area contributed by atoms with E-state index in [-0.39, 0.29) is 54.2 Å². The minimum atomic E-state index is -2.36. The van der Waals surface area contributed by atoms with Gasteiger partial charge in [0.25, 0.3) is 0 Å². The highest BCUT2D eigenvalue weighted by molar-refractivity contribution is 6.25. The molecule has 7 nitrogen and oxygen atoms in total. The van der Waals surface area contributed by atoms with Gasteiger partial charge >= 0.3 is 0 Å². The normalized spacial score (nSPS) is 24.4. The van der Waals surface area contributed by atoms with Crippen LogP contribution in [0.1, 0.15) is 66.2 Å². The lowest BCUT2D eigenvalue weighted by Gasteiger charge is -2.46. The Morgan fingerprint density at radius 3 is 2.46 bits per heavy atom. The van der Waals surface area contributed by atoms with Gasteiger partial charge in [-0.1, -0.05) is 36.8 Å². The summed E-state index contributed by atoms with van der Waals surface area (Å²) < 4.78 is 14.0. The molecule has 0 heterocycles. The van der Waals surface area contributed by atoms with Gasteiger partial charge in [-0.2, -0.15) is 0 Å². The van der Waals surface area contributed by atoms with E-state index >= 15 is 0 Å². The number of aliphatic hydroxyl groups is 2. The van der Waals surface area contributed by atoms with E-state index in [0.29, 0.717) is 35.1 Å². The van der Waals surface area contributed by atoms with Crippen molar-refractivity contribution in [2.75, 3.05) is 0 Å². The number of carbonyl (C=O) groups is 3. The lowest BCUT2D eigenvalue weighted by atomic mass is 9.59. The number of Topliss-reactive ketones (excluding diaryl/α,β-unsaturated/α-hetero) is 3. The quantitative estimate of drug-likeness (QED) is 0.411. The summed E-state index contributed by atoms with van der Waals surface area (Å²) in [6.07, 6.45) is 1.50. The Morgan fingerprint density at radius 2 is 1.79 bits per heavy atom. The number of phenolic OH excluding ortho intramolecular Hbond substituents is 1. The van der Waals surface area contributed by atoms with Gasteiger partial charge in [-0.05, 0) is 62.6 Å². The molecule has 0 aliphatic heterocycles. The van der Waals surface area contributed by atoms with Gasteiger partial charge in [0.2, 0.25) is 5.78 Å². The molecule has 4 N–H and O–H groups in total. The van der Waals surface area contributed by atoms with Crippen molar-refractivity contribution in [2.45, 2.75) is 65.1 Å². The first-order valence-corrected chi connectivity index (χ1v) is 13.3. The average Bonchev–Trinajstić information content (AvgIpc) is 2.88. The van der Waals surface area contributed by atoms with Crippen LogP contribution in [0.15, 0.2) is 52.8 Å². The molecule has 8 heteroatoms. The van der Waals surface area contributed by atoms with Crippen molar-refractivity contribution in [3.05, 3.63) is 86.4 Å². The molecule has 2 aromatic carbocycles. The molecule has 0 spiro atoms. The van der Waals surface area contributed by atoms with Crippen LogP contribution in [0.25, 0.3) is 0 Å². The molecule has 0 saturated heterocycles. The molecule has 39 heavy (non-hydrogen) atoms. The molecule has 0 saturated carbocycles. The van der Waals surface area contributed by atoms with E-state index < -0.39 is 40.5 Å². The fourth-order valence-corrected chi connectivity index (χ4v) is 6.66. The van der Waals surface area contributed by atoms with Gasteiger partial charge in [0.05, 0.1) is 11.1 Å². The third kappa shape index (κ3) is 4.13. The fourth-order valence-electron chi connectivity index (χ4n) is 6.66. The Bertz CT molecular complexity index is 1490. The summed E-state index contributed by atoms with van der Waals surface area (Å²) in [6.45, 7) is 5.26. The van der Waals surface area contributed by atoms with E-state index in [9.17, 15) is 34.1 Å². The summed E-state index contributed by atoms with van der Waals surface area (Å²) in [5.41, 5.74) is 0.550. The molecule has 2 aromatic rings. The molecule has 0 bridgehead atoms. The van der Waals surface area contributed by atoms with E-state index in [2.05, 4.69) is 5.32 Å². The Labute approximate surface area is 226 Å². The van der Waals surface area contributed by atoms with E-state index in [1.54, 1.807) is 25.1 Å². The first kappa shape index (κ1) is 27.0. The molecule has 0 unspecified atom stereocenters. The van der Waals surface area contributed by atoms with Crippen molar-refractivity contribution < 1.29 is 34.1 Å². The Kier molecular flexibility index (Phi) is 6.81. The van der Waals surface area contributed by atoms with Gasteiger partial charge in [-0.25, -0.2) is 4.39 Å². The number of benzene rings is 2. The zero-order valence-electron chi connectivity index (χ0n) is 22.2. The highest BCUT2D eigenvalue weighted by Gasteiger charge is 2.58. The topological polar surface area (TPSA) is 124 Å². The fraction of sp³-hybridized carbons (Fsp3) is 0.387. The number of carbonyl (C=O) groups excluding carboxylic acids is 3. The van der Waals surface area contributed by atoms with Crippen molar-refractivity contribution in [3.8, 4) is 5.75 Å². The van der Waals surface area contributed by atoms with E-state index in [1.807, 2.05) is 13.0 Å². The zero-order chi connectivity index (χ0) is 28.2. The third-order valence-corrected chi connectivity index (χ3v) is 8.56. The number of ketones is 3. The number of phenols is 1. The number of hydrogen-bond acceptors (Lipinski definition) is 7. The van der Waals surface area contributed by atoms with Crippen LogP contribution in [0.3, 0.4) is 0 Å². The van der Waals surface area contributed by atoms with Crippen LogP contribution in [-0.2, 0) is 35.5 Å². The molecule has 204 valence electrons. The number of rotatable bonds is 6. The van der Waals surface area contributed by atoms with Crippen molar-refractivity contribution >= 4 is 17.3 Å². The predicted octanol–water partition coefficient (Wildman–Crippen LogP) is 4.18. The summed E-state index contributed by atoms with van der Waals surface area (Å²) in [6, 6.07) is 8.21. The van der Waals surface area contributed by atoms with E-state index in [1.165, 1.54) is 13.0 Å². The van der Waals surface area contributed by atoms with Crippen molar-refractivity contribution in [1.29, 1.82) is 0 Å². The summed E-state index contributed by atoms with van der Waals surface area (Å²) in [5, 5.41) is 37.2. The average molecular weight is 534 g/mol. The van der Waals surface area contributed by atoms with Gasteiger partial charge in [0.15, 0.2) is 17.2 Å². The van der Waals surface area contributed by atoms with Crippen molar-refractivity contribution in [2.24, 2.45) is 11.8 Å². The summed E-state index contributed by atoms with van der Waals surface area (Å²) in [5.74, 6) is -4.41. The summed E-state index contributed by atoms with van der Waals surface area (Å²) in [7, 11) is 0. The van der Waals surface area contributed by atoms with Crippen molar-refractivity contribution in [3.63, 3.8) is 0 Å². The summed E-state index contributed by atoms with van der Waals surface area (Å²) in [4.78, 5) is 39.4. The second-order valence-corrected chi connectivity index (χ2v) is 10.9. The van der Waals surface area contributed by atoms with Crippen LogP contribution in [0.2, 0.25) is 0 Å². The van der Waals surface area contributed by atoms with Gasteiger partial charge in [-0.3, -0.25) is 14.4 Å². The molecule has 3 atom stereocenters. The van der Waals surface area contributed by atoms with Crippen LogP contribution in [0.4, 0.5) is 4.39 Å². The maximum atomic E-state index is 14.0. The number of halogens is 1. The van der Waals surface area contributed by atoms with Gasteiger partial charge in [-0.15, -0.1) is 0 Å². The van der Waals surface area contributed by atoms with E-state index in [4.69, 9.17) is 0 Å². The predicted molar refractivity (Wildman–Crippen MR) is 142 cm³/mol. The smallest absolute Gasteiger partial charge is 0.205 e. The van der Waals surface area contributed by atoms with Gasteiger partial charge in [0.1, 0.15) is 17.3 Å². The molecule has 0 radical (unpaired) electrons. The Morgan fingerprint density at radius 1 is 1.10 bits per heavy atom. The number of fused-ring (bicyclic) bond motifs is 3. The van der Waals surface area contributed by atoms with Gasteiger partial charge in [0, 0.05) is 35.7 Å². The second-order valence-electron chi connectivity index (χ2n) is 10.9. The molecule has 0 aromatic heterocycles. The zero-order valence-corrected chi connectivity index (χ0v) is 22.2. The first-order valence-electron chi connectivity index (χ1n) is 13.3. The van der Waals surface area contributed by atoms with Gasteiger partial charge < -0.3 is 20.6 Å². The molecular formula is C31H32FNO6. The standard InChI is InChI=1S/C31H32FNO6/c1-4-17-10-20(14-33-13-18-7-5-6-8-23(18)32)27(35)26-22(17)12-19-11-21-9-15(2)24(16(3)34)29(37)31(21,39)30(38)25(19)28(26)36/h5-8,10,19,21,33,35,38-39H,4,9,11-14H2,1-3H3/t19-,21-,31-/m1/s1. The summed E-state index contributed by atoms with van der Waals surface area (Å²) >= 11 is 0. The van der Waals surface area contributed by atoms with Crippen LogP contribution in [-0.4, -0.2) is 38.3 Å².